The van der Waals surface area contributed by atoms with E-state index in [4.69, 9.17) is 4.74 Å². The number of rotatable bonds is 4. The van der Waals surface area contributed by atoms with Crippen molar-refractivity contribution in [1.82, 2.24) is 9.80 Å². The van der Waals surface area contributed by atoms with Crippen molar-refractivity contribution in [3.8, 4) is 0 Å². The van der Waals surface area contributed by atoms with Gasteiger partial charge in [0.05, 0.1) is 17.5 Å². The zero-order chi connectivity index (χ0) is 19.7. The first-order valence-corrected chi connectivity index (χ1v) is 10.8. The van der Waals surface area contributed by atoms with E-state index in [2.05, 4.69) is 6.92 Å². The van der Waals surface area contributed by atoms with E-state index in [0.29, 0.717) is 25.4 Å². The van der Waals surface area contributed by atoms with E-state index in [1.807, 2.05) is 34.1 Å². The van der Waals surface area contributed by atoms with Crippen LogP contribution >= 0.6 is 11.8 Å². The van der Waals surface area contributed by atoms with Gasteiger partial charge in [-0.25, -0.2) is 4.79 Å². The molecule has 0 aromatic heterocycles. The normalized spacial score (nSPS) is 23.0. The standard InChI is InChI=1S/C20H25N3O4S/c1-2-14-12-27-20(26)23(14)15-7-9-21(10-8-15)18(24)11-22-16-5-3-4-6-17(16)28-13-19(22)25/h3-6,14-15H,2,7-13H2,1H3. The van der Waals surface area contributed by atoms with Crippen molar-refractivity contribution in [3.63, 3.8) is 0 Å². The maximum atomic E-state index is 12.9. The van der Waals surface area contributed by atoms with E-state index in [1.54, 1.807) is 4.90 Å². The van der Waals surface area contributed by atoms with Crippen molar-refractivity contribution >= 4 is 35.4 Å². The van der Waals surface area contributed by atoms with Crippen molar-refractivity contribution in [2.75, 3.05) is 36.9 Å². The molecule has 3 aliphatic rings. The average Bonchev–Trinajstić information content (AvgIpc) is 3.10. The molecule has 1 aromatic carbocycles. The highest BCUT2D eigenvalue weighted by Crippen LogP contribution is 2.35. The quantitative estimate of drug-likeness (QED) is 0.772. The number of hydrogen-bond acceptors (Lipinski definition) is 5. The number of ether oxygens (including phenoxy) is 1. The van der Waals surface area contributed by atoms with E-state index < -0.39 is 0 Å². The summed E-state index contributed by atoms with van der Waals surface area (Å²) in [5.41, 5.74) is 0.817. The smallest absolute Gasteiger partial charge is 0.410 e. The Kier molecular flexibility index (Phi) is 5.48. The lowest BCUT2D eigenvalue weighted by Gasteiger charge is -2.38. The number of likely N-dealkylation sites (tertiary alicyclic amines) is 1. The van der Waals surface area contributed by atoms with Gasteiger partial charge in [0, 0.05) is 24.0 Å². The van der Waals surface area contributed by atoms with Crippen LogP contribution in [0.25, 0.3) is 0 Å². The minimum atomic E-state index is -0.232. The third kappa shape index (κ3) is 3.57. The number of para-hydroxylation sites is 1. The Morgan fingerprint density at radius 3 is 2.71 bits per heavy atom. The Hall–Kier alpha value is -2.22. The molecule has 1 atom stereocenters. The number of thioether (sulfide) groups is 1. The molecule has 7 nitrogen and oxygen atoms in total. The first-order valence-electron chi connectivity index (χ1n) is 9.83. The van der Waals surface area contributed by atoms with E-state index in [1.165, 1.54) is 11.8 Å². The second kappa shape index (κ2) is 8.03. The van der Waals surface area contributed by atoms with Crippen LogP contribution in [-0.4, -0.2) is 71.8 Å². The number of benzene rings is 1. The van der Waals surface area contributed by atoms with Crippen LogP contribution < -0.4 is 4.90 Å². The molecular weight excluding hydrogens is 378 g/mol. The summed E-state index contributed by atoms with van der Waals surface area (Å²) in [6.45, 7) is 3.79. The van der Waals surface area contributed by atoms with Crippen molar-refractivity contribution in [1.29, 1.82) is 0 Å². The first kappa shape index (κ1) is 19.1. The third-order valence-corrected chi connectivity index (χ3v) is 6.83. The van der Waals surface area contributed by atoms with Crippen molar-refractivity contribution in [3.05, 3.63) is 24.3 Å². The van der Waals surface area contributed by atoms with Crippen LogP contribution in [0, 0.1) is 0 Å². The highest BCUT2D eigenvalue weighted by Gasteiger charge is 2.39. The summed E-state index contributed by atoms with van der Waals surface area (Å²) >= 11 is 1.51. The summed E-state index contributed by atoms with van der Waals surface area (Å²) in [7, 11) is 0. The molecule has 1 aromatic rings. The lowest BCUT2D eigenvalue weighted by Crippen LogP contribution is -2.52. The molecule has 0 bridgehead atoms. The number of anilines is 1. The highest BCUT2D eigenvalue weighted by atomic mass is 32.2. The fourth-order valence-corrected chi connectivity index (χ4v) is 5.12. The number of cyclic esters (lactones) is 1. The zero-order valence-corrected chi connectivity index (χ0v) is 16.8. The number of carbonyl (C=O) groups is 3. The number of nitrogens with zero attached hydrogens (tertiary/aromatic N) is 3. The molecule has 0 aliphatic carbocycles. The van der Waals surface area contributed by atoms with Gasteiger partial charge in [-0.15, -0.1) is 11.8 Å². The largest absolute Gasteiger partial charge is 0.447 e. The van der Waals surface area contributed by atoms with Gasteiger partial charge < -0.3 is 14.5 Å². The molecule has 2 saturated heterocycles. The highest BCUT2D eigenvalue weighted by molar-refractivity contribution is 8.00. The molecule has 3 aliphatic heterocycles. The molecule has 8 heteroatoms. The van der Waals surface area contributed by atoms with E-state index in [-0.39, 0.29) is 36.5 Å². The number of carbonyl (C=O) groups excluding carboxylic acids is 3. The molecule has 0 N–H and O–H groups in total. The third-order valence-electron chi connectivity index (χ3n) is 5.79. The summed E-state index contributed by atoms with van der Waals surface area (Å²) in [6, 6.07) is 7.97. The average molecular weight is 404 g/mol. The summed E-state index contributed by atoms with van der Waals surface area (Å²) in [6.07, 6.45) is 2.14. The lowest BCUT2D eigenvalue weighted by molar-refractivity contribution is -0.132. The fourth-order valence-electron chi connectivity index (χ4n) is 4.19. The van der Waals surface area contributed by atoms with E-state index in [9.17, 15) is 14.4 Å². The Labute approximate surface area is 169 Å². The van der Waals surface area contributed by atoms with Crippen molar-refractivity contribution in [2.24, 2.45) is 0 Å². The fraction of sp³-hybridized carbons (Fsp3) is 0.550. The van der Waals surface area contributed by atoms with Gasteiger partial charge in [-0.3, -0.25) is 14.5 Å². The summed E-state index contributed by atoms with van der Waals surface area (Å²) < 4.78 is 5.20. The molecular formula is C20H25N3O4S. The Morgan fingerprint density at radius 2 is 1.96 bits per heavy atom. The zero-order valence-electron chi connectivity index (χ0n) is 16.0. The molecule has 3 heterocycles. The molecule has 4 rings (SSSR count). The van der Waals surface area contributed by atoms with Crippen molar-refractivity contribution < 1.29 is 19.1 Å². The number of amides is 3. The molecule has 0 spiro atoms. The van der Waals surface area contributed by atoms with Gasteiger partial charge >= 0.3 is 6.09 Å². The first-order chi connectivity index (χ1) is 13.6. The van der Waals surface area contributed by atoms with Gasteiger partial charge in [0.15, 0.2) is 0 Å². The number of fused-ring (bicyclic) bond motifs is 1. The molecule has 0 saturated carbocycles. The van der Waals surface area contributed by atoms with Crippen LogP contribution in [0.2, 0.25) is 0 Å². The van der Waals surface area contributed by atoms with E-state index >= 15 is 0 Å². The number of hydrogen-bond donors (Lipinski definition) is 0. The molecule has 1 unspecified atom stereocenters. The van der Waals surface area contributed by atoms with Crippen LogP contribution in [0.15, 0.2) is 29.2 Å². The van der Waals surface area contributed by atoms with Crippen LogP contribution in [0.4, 0.5) is 10.5 Å². The minimum Gasteiger partial charge on any atom is -0.447 e. The molecule has 3 amide bonds. The van der Waals surface area contributed by atoms with E-state index in [0.717, 1.165) is 29.8 Å². The van der Waals surface area contributed by atoms with Gasteiger partial charge in [-0.2, -0.15) is 0 Å². The lowest BCUT2D eigenvalue weighted by atomic mass is 10.0. The topological polar surface area (TPSA) is 70.2 Å². The molecule has 2 fully saturated rings. The second-order valence-electron chi connectivity index (χ2n) is 7.39. The predicted molar refractivity (Wildman–Crippen MR) is 106 cm³/mol. The maximum absolute atomic E-state index is 12.9. The van der Waals surface area contributed by atoms with Gasteiger partial charge in [0.1, 0.15) is 13.2 Å². The van der Waals surface area contributed by atoms with Gasteiger partial charge in [0.25, 0.3) is 0 Å². The Morgan fingerprint density at radius 1 is 1.21 bits per heavy atom. The van der Waals surface area contributed by atoms with Crippen LogP contribution in [0.1, 0.15) is 26.2 Å². The Balaban J connectivity index is 1.37. The number of piperidine rings is 1. The minimum absolute atomic E-state index is 0.0301. The van der Waals surface area contributed by atoms with Crippen LogP contribution in [0.5, 0.6) is 0 Å². The molecule has 0 radical (unpaired) electrons. The predicted octanol–water partition coefficient (Wildman–Crippen LogP) is 2.35. The Bertz CT molecular complexity index is 778. The summed E-state index contributed by atoms with van der Waals surface area (Å²) in [5, 5.41) is 0. The maximum Gasteiger partial charge on any atom is 0.410 e. The van der Waals surface area contributed by atoms with Gasteiger partial charge in [0.2, 0.25) is 11.8 Å². The molecule has 28 heavy (non-hydrogen) atoms. The second-order valence-corrected chi connectivity index (χ2v) is 8.41. The molecule has 150 valence electrons. The van der Waals surface area contributed by atoms with Gasteiger partial charge in [-0.05, 0) is 31.4 Å². The summed E-state index contributed by atoms with van der Waals surface area (Å²) in [4.78, 5) is 43.6. The SMILES string of the molecule is CCC1COC(=O)N1C1CCN(C(=O)CN2C(=O)CSc3ccccc32)CC1. The van der Waals surface area contributed by atoms with Crippen molar-refractivity contribution in [2.45, 2.75) is 43.2 Å². The van der Waals surface area contributed by atoms with Crippen LogP contribution in [0.3, 0.4) is 0 Å². The van der Waals surface area contributed by atoms with Gasteiger partial charge in [-0.1, -0.05) is 19.1 Å². The monoisotopic (exact) mass is 403 g/mol. The van der Waals surface area contributed by atoms with Crippen LogP contribution in [-0.2, 0) is 14.3 Å². The summed E-state index contributed by atoms with van der Waals surface area (Å²) in [5.74, 6) is 0.295.